The van der Waals surface area contributed by atoms with Crippen LogP contribution < -0.4 is 0 Å². The molecule has 124 valence electrons. The molecule has 1 atom stereocenters. The van der Waals surface area contributed by atoms with Gasteiger partial charge in [0, 0.05) is 6.54 Å². The lowest BCUT2D eigenvalue weighted by molar-refractivity contribution is -0.237. The molecule has 23 heavy (non-hydrogen) atoms. The highest BCUT2D eigenvalue weighted by Crippen LogP contribution is 2.19. The van der Waals surface area contributed by atoms with Gasteiger partial charge in [-0.25, -0.2) is 24.2 Å². The first-order valence-corrected chi connectivity index (χ1v) is 7.41. The van der Waals surface area contributed by atoms with E-state index in [1.165, 1.54) is 12.0 Å². The van der Waals surface area contributed by atoms with E-state index in [0.29, 0.717) is 25.8 Å². The molecule has 2 rings (SSSR count). The number of rotatable bonds is 4. The summed E-state index contributed by atoms with van der Waals surface area (Å²) in [5.74, 6) is -1.15. The summed E-state index contributed by atoms with van der Waals surface area (Å²) in [5.41, 5.74) is 0.987. The van der Waals surface area contributed by atoms with E-state index < -0.39 is 24.1 Å². The summed E-state index contributed by atoms with van der Waals surface area (Å²) < 4.78 is 4.63. The van der Waals surface area contributed by atoms with Crippen molar-refractivity contribution in [2.75, 3.05) is 13.7 Å². The molecule has 1 aromatic rings. The smallest absolute Gasteiger partial charge is 0.453 e. The van der Waals surface area contributed by atoms with Gasteiger partial charge >= 0.3 is 18.0 Å². The molecule has 1 aliphatic rings. The van der Waals surface area contributed by atoms with Crippen LogP contribution in [0.15, 0.2) is 30.3 Å². The van der Waals surface area contributed by atoms with Crippen LogP contribution in [0.2, 0.25) is 0 Å². The van der Waals surface area contributed by atoms with Crippen molar-refractivity contribution in [3.63, 3.8) is 0 Å². The predicted molar refractivity (Wildman–Crippen MR) is 79.1 cm³/mol. The van der Waals surface area contributed by atoms with Crippen LogP contribution in [-0.4, -0.2) is 42.6 Å². The third-order valence-electron chi connectivity index (χ3n) is 3.63. The van der Waals surface area contributed by atoms with E-state index in [0.717, 1.165) is 5.56 Å². The highest BCUT2D eigenvalue weighted by Gasteiger charge is 2.36. The zero-order chi connectivity index (χ0) is 16.7. The molecule has 0 saturated carbocycles. The molecule has 1 amide bonds. The van der Waals surface area contributed by atoms with E-state index in [9.17, 15) is 14.4 Å². The van der Waals surface area contributed by atoms with Crippen LogP contribution in [0, 0.1) is 0 Å². The minimum atomic E-state index is -0.856. The number of hydrogen-bond donors (Lipinski definition) is 0. The Kier molecular flexibility index (Phi) is 5.96. The first kappa shape index (κ1) is 16.8. The lowest BCUT2D eigenvalue weighted by Gasteiger charge is -2.20. The van der Waals surface area contributed by atoms with Crippen molar-refractivity contribution in [3.8, 4) is 0 Å². The fraction of sp³-hybridized carbons (Fsp3) is 0.438. The first-order valence-electron chi connectivity index (χ1n) is 7.41. The number of likely N-dealkylation sites (tertiary alicyclic amines) is 1. The van der Waals surface area contributed by atoms with Crippen molar-refractivity contribution in [1.82, 2.24) is 4.90 Å². The van der Waals surface area contributed by atoms with Gasteiger partial charge in [0.15, 0.2) is 0 Å². The summed E-state index contributed by atoms with van der Waals surface area (Å²) in [6.07, 6.45) is 0.898. The molecule has 0 spiro atoms. The maximum Gasteiger partial charge on any atom is 0.453 e. The monoisotopic (exact) mass is 321 g/mol. The highest BCUT2D eigenvalue weighted by atomic mass is 17.2. The lowest BCUT2D eigenvalue weighted by atomic mass is 10.1. The van der Waals surface area contributed by atoms with Crippen LogP contribution in [0.4, 0.5) is 4.79 Å². The molecule has 1 saturated heterocycles. The molecule has 1 heterocycles. The number of esters is 1. The number of aryl methyl sites for hydroxylation is 1. The van der Waals surface area contributed by atoms with Crippen LogP contribution in [-0.2, 0) is 30.5 Å². The number of carbonyl (C=O) groups excluding carboxylic acids is 3. The fourth-order valence-electron chi connectivity index (χ4n) is 2.43. The maximum atomic E-state index is 11.9. The number of hydrogen-bond acceptors (Lipinski definition) is 6. The number of methoxy groups -OCH3 is 1. The van der Waals surface area contributed by atoms with Gasteiger partial charge in [-0.05, 0) is 24.8 Å². The minimum absolute atomic E-state index is 0.0950. The summed E-state index contributed by atoms with van der Waals surface area (Å²) in [7, 11) is 1.26. The lowest BCUT2D eigenvalue weighted by Crippen LogP contribution is -2.41. The van der Waals surface area contributed by atoms with Crippen LogP contribution in [0.1, 0.15) is 24.8 Å². The molecule has 1 fully saturated rings. The van der Waals surface area contributed by atoms with Crippen molar-refractivity contribution < 1.29 is 28.9 Å². The third-order valence-corrected chi connectivity index (χ3v) is 3.63. The van der Waals surface area contributed by atoms with Crippen molar-refractivity contribution in [3.05, 3.63) is 35.9 Å². The molecular weight excluding hydrogens is 302 g/mol. The van der Waals surface area contributed by atoms with E-state index >= 15 is 0 Å². The number of benzene rings is 1. The zero-order valence-electron chi connectivity index (χ0n) is 12.9. The van der Waals surface area contributed by atoms with Gasteiger partial charge in [-0.15, -0.1) is 0 Å². The average molecular weight is 321 g/mol. The van der Waals surface area contributed by atoms with Crippen LogP contribution >= 0.6 is 0 Å². The zero-order valence-corrected chi connectivity index (χ0v) is 12.9. The van der Waals surface area contributed by atoms with E-state index in [1.807, 2.05) is 30.3 Å². The van der Waals surface area contributed by atoms with Gasteiger partial charge in [0.05, 0.1) is 13.5 Å². The molecule has 1 aliphatic heterocycles. The third kappa shape index (κ3) is 4.70. The van der Waals surface area contributed by atoms with Crippen LogP contribution in [0.3, 0.4) is 0 Å². The largest absolute Gasteiger partial charge is 0.467 e. The van der Waals surface area contributed by atoms with E-state index in [1.54, 1.807) is 0 Å². The number of ether oxygens (including phenoxy) is 1. The Labute approximate surface area is 134 Å². The summed E-state index contributed by atoms with van der Waals surface area (Å²) in [6, 6.07) is 8.74. The summed E-state index contributed by atoms with van der Waals surface area (Å²) in [4.78, 5) is 45.3. The minimum Gasteiger partial charge on any atom is -0.467 e. The van der Waals surface area contributed by atoms with E-state index in [-0.39, 0.29) is 6.42 Å². The Bertz CT molecular complexity index is 559. The van der Waals surface area contributed by atoms with Crippen molar-refractivity contribution in [1.29, 1.82) is 0 Å². The maximum absolute atomic E-state index is 11.9. The molecule has 0 aromatic heterocycles. The van der Waals surface area contributed by atoms with Crippen molar-refractivity contribution in [2.24, 2.45) is 0 Å². The van der Waals surface area contributed by atoms with Crippen LogP contribution in [0.25, 0.3) is 0 Å². The van der Waals surface area contributed by atoms with Gasteiger partial charge in [-0.1, -0.05) is 30.3 Å². The molecule has 0 unspecified atom stereocenters. The predicted octanol–water partition coefficient (Wildman–Crippen LogP) is 1.85. The highest BCUT2D eigenvalue weighted by molar-refractivity contribution is 5.82. The van der Waals surface area contributed by atoms with Gasteiger partial charge in [-0.3, -0.25) is 4.90 Å². The summed E-state index contributed by atoms with van der Waals surface area (Å²) in [5, 5.41) is 0. The van der Waals surface area contributed by atoms with Gasteiger partial charge in [0.1, 0.15) is 6.04 Å². The Balaban J connectivity index is 1.75. The second kappa shape index (κ2) is 8.17. The SMILES string of the molecule is COC(=O)[C@H]1CCCN1C(=O)OOC(=O)CCc1ccccc1. The van der Waals surface area contributed by atoms with E-state index in [2.05, 4.69) is 14.5 Å². The molecule has 0 N–H and O–H groups in total. The Hall–Kier alpha value is -2.57. The fourth-order valence-corrected chi connectivity index (χ4v) is 2.43. The quantitative estimate of drug-likeness (QED) is 0.478. The normalized spacial score (nSPS) is 16.7. The Morgan fingerprint density at radius 1 is 1.17 bits per heavy atom. The Morgan fingerprint density at radius 2 is 1.91 bits per heavy atom. The number of carbonyl (C=O) groups is 3. The Morgan fingerprint density at radius 3 is 2.61 bits per heavy atom. The first-order chi connectivity index (χ1) is 11.1. The van der Waals surface area contributed by atoms with Crippen molar-refractivity contribution >= 4 is 18.0 Å². The van der Waals surface area contributed by atoms with Gasteiger partial charge in [0.2, 0.25) is 0 Å². The molecule has 7 heteroatoms. The summed E-state index contributed by atoms with van der Waals surface area (Å²) >= 11 is 0. The van der Waals surface area contributed by atoms with Gasteiger partial charge in [-0.2, -0.15) is 0 Å². The molecule has 0 bridgehead atoms. The molecule has 0 radical (unpaired) electrons. The van der Waals surface area contributed by atoms with Gasteiger partial charge in [0.25, 0.3) is 0 Å². The standard InChI is InChI=1S/C16H19NO6/c1-21-15(19)13-8-5-11-17(13)16(20)23-22-14(18)10-9-12-6-3-2-4-7-12/h2-4,6-7,13H,5,8-11H2,1H3/t13-/m1/s1. The van der Waals surface area contributed by atoms with Crippen molar-refractivity contribution in [2.45, 2.75) is 31.7 Å². The number of nitrogens with zero attached hydrogens (tertiary/aromatic N) is 1. The molecule has 1 aromatic carbocycles. The molecular formula is C16H19NO6. The second-order valence-corrected chi connectivity index (χ2v) is 5.16. The summed E-state index contributed by atoms with van der Waals surface area (Å²) in [6.45, 7) is 0.361. The van der Waals surface area contributed by atoms with Gasteiger partial charge < -0.3 is 4.74 Å². The molecule has 7 nitrogen and oxygen atoms in total. The number of amides is 1. The average Bonchev–Trinajstić information content (AvgIpc) is 3.07. The topological polar surface area (TPSA) is 82.1 Å². The second-order valence-electron chi connectivity index (χ2n) is 5.16. The van der Waals surface area contributed by atoms with E-state index in [4.69, 9.17) is 0 Å². The molecule has 0 aliphatic carbocycles. The van der Waals surface area contributed by atoms with Crippen LogP contribution in [0.5, 0.6) is 0 Å².